The van der Waals surface area contributed by atoms with Gasteiger partial charge in [-0.25, -0.2) is 9.67 Å². The van der Waals surface area contributed by atoms with Gasteiger partial charge in [-0.05, 0) is 33.6 Å². The third-order valence-electron chi connectivity index (χ3n) is 3.44. The molecule has 1 saturated heterocycles. The number of piperidine rings is 1. The molecule has 0 aliphatic carbocycles. The summed E-state index contributed by atoms with van der Waals surface area (Å²) in [6.07, 6.45) is 2.58. The second-order valence-corrected chi connectivity index (χ2v) is 6.44. The van der Waals surface area contributed by atoms with E-state index in [2.05, 4.69) is 10.1 Å². The summed E-state index contributed by atoms with van der Waals surface area (Å²) in [5.74, 6) is 0.814. The highest BCUT2D eigenvalue weighted by atomic mass is 16.2. The SMILES string of the molecule is CC(C)(C)n1nc(CC(N)=O)nc1CN1CCCCC1=O. The van der Waals surface area contributed by atoms with E-state index < -0.39 is 5.91 Å². The van der Waals surface area contributed by atoms with Crippen molar-refractivity contribution in [3.8, 4) is 0 Å². The molecule has 2 N–H and O–H groups in total. The predicted octanol–water partition coefficient (Wildman–Crippen LogP) is 0.573. The molecular formula is C14H23N5O2. The van der Waals surface area contributed by atoms with Gasteiger partial charge in [0.15, 0.2) is 5.82 Å². The van der Waals surface area contributed by atoms with Gasteiger partial charge in [0.25, 0.3) is 0 Å². The largest absolute Gasteiger partial charge is 0.369 e. The van der Waals surface area contributed by atoms with E-state index in [1.165, 1.54) is 0 Å². The first-order chi connectivity index (χ1) is 9.77. The predicted molar refractivity (Wildman–Crippen MR) is 77.2 cm³/mol. The zero-order valence-corrected chi connectivity index (χ0v) is 12.9. The molecule has 0 unspecified atom stereocenters. The van der Waals surface area contributed by atoms with Crippen LogP contribution in [0.15, 0.2) is 0 Å². The molecule has 0 aromatic carbocycles. The molecular weight excluding hydrogens is 270 g/mol. The number of amides is 2. The normalized spacial score (nSPS) is 16.3. The molecule has 116 valence electrons. The molecule has 2 heterocycles. The highest BCUT2D eigenvalue weighted by Gasteiger charge is 2.25. The summed E-state index contributed by atoms with van der Waals surface area (Å²) in [6.45, 7) is 7.22. The third-order valence-corrected chi connectivity index (χ3v) is 3.44. The van der Waals surface area contributed by atoms with Crippen molar-refractivity contribution in [3.63, 3.8) is 0 Å². The Morgan fingerprint density at radius 3 is 2.62 bits per heavy atom. The highest BCUT2D eigenvalue weighted by molar-refractivity contribution is 5.77. The number of nitrogens with two attached hydrogens (primary N) is 1. The van der Waals surface area contributed by atoms with Crippen LogP contribution in [0.2, 0.25) is 0 Å². The fraction of sp³-hybridized carbons (Fsp3) is 0.714. The molecule has 0 saturated carbocycles. The van der Waals surface area contributed by atoms with Gasteiger partial charge in [-0.2, -0.15) is 5.10 Å². The van der Waals surface area contributed by atoms with Crippen LogP contribution in [-0.4, -0.2) is 38.0 Å². The van der Waals surface area contributed by atoms with E-state index in [-0.39, 0.29) is 17.9 Å². The van der Waals surface area contributed by atoms with Gasteiger partial charge < -0.3 is 10.6 Å². The molecule has 7 nitrogen and oxygen atoms in total. The van der Waals surface area contributed by atoms with Gasteiger partial charge in [0.2, 0.25) is 11.8 Å². The fourth-order valence-corrected chi connectivity index (χ4v) is 2.46. The quantitative estimate of drug-likeness (QED) is 0.878. The van der Waals surface area contributed by atoms with Crippen LogP contribution < -0.4 is 5.73 Å². The first-order valence-electron chi connectivity index (χ1n) is 7.29. The first kappa shape index (κ1) is 15.5. The Hall–Kier alpha value is -1.92. The molecule has 7 heteroatoms. The van der Waals surface area contributed by atoms with Crippen molar-refractivity contribution in [1.82, 2.24) is 19.7 Å². The van der Waals surface area contributed by atoms with Crippen molar-refractivity contribution in [3.05, 3.63) is 11.6 Å². The Morgan fingerprint density at radius 2 is 2.05 bits per heavy atom. The Kier molecular flexibility index (Phi) is 4.29. The summed E-state index contributed by atoms with van der Waals surface area (Å²) < 4.78 is 1.78. The van der Waals surface area contributed by atoms with Gasteiger partial charge in [-0.15, -0.1) is 0 Å². The van der Waals surface area contributed by atoms with Crippen molar-refractivity contribution in [1.29, 1.82) is 0 Å². The van der Waals surface area contributed by atoms with Crippen LogP contribution in [-0.2, 0) is 28.1 Å². The van der Waals surface area contributed by atoms with Crippen molar-refractivity contribution in [2.45, 2.75) is 58.5 Å². The number of hydrogen-bond acceptors (Lipinski definition) is 4. The standard InChI is InChI=1S/C14H23N5O2/c1-14(2,3)19-12(16-11(17-19)8-10(15)20)9-18-7-5-4-6-13(18)21/h4-9H2,1-3H3,(H2,15,20). The number of carbonyl (C=O) groups is 2. The zero-order chi connectivity index (χ0) is 15.6. The maximum Gasteiger partial charge on any atom is 0.225 e. The summed E-state index contributed by atoms with van der Waals surface area (Å²) in [7, 11) is 0. The van der Waals surface area contributed by atoms with Gasteiger partial charge >= 0.3 is 0 Å². The average Bonchev–Trinajstić information content (AvgIpc) is 2.74. The van der Waals surface area contributed by atoms with E-state index in [0.717, 1.165) is 19.4 Å². The lowest BCUT2D eigenvalue weighted by Crippen LogP contribution is -2.37. The Bertz CT molecular complexity index is 544. The van der Waals surface area contributed by atoms with Gasteiger partial charge in [-0.3, -0.25) is 9.59 Å². The lowest BCUT2D eigenvalue weighted by molar-refractivity contribution is -0.134. The van der Waals surface area contributed by atoms with Gasteiger partial charge in [0.05, 0.1) is 18.5 Å². The number of aromatic nitrogens is 3. The maximum atomic E-state index is 11.9. The zero-order valence-electron chi connectivity index (χ0n) is 12.9. The van der Waals surface area contributed by atoms with Crippen LogP contribution in [0.4, 0.5) is 0 Å². The Balaban J connectivity index is 2.25. The lowest BCUT2D eigenvalue weighted by Gasteiger charge is -2.28. The molecule has 21 heavy (non-hydrogen) atoms. The number of carbonyl (C=O) groups excluding carboxylic acids is 2. The van der Waals surface area contributed by atoms with Gasteiger partial charge in [0.1, 0.15) is 5.82 Å². The molecule has 0 bridgehead atoms. The number of nitrogens with zero attached hydrogens (tertiary/aromatic N) is 4. The fourth-order valence-electron chi connectivity index (χ4n) is 2.46. The lowest BCUT2D eigenvalue weighted by atomic mass is 10.1. The summed E-state index contributed by atoms with van der Waals surface area (Å²) in [5.41, 5.74) is 4.94. The number of hydrogen-bond donors (Lipinski definition) is 1. The minimum absolute atomic E-state index is 0.0179. The van der Waals surface area contributed by atoms with Crippen molar-refractivity contribution < 1.29 is 9.59 Å². The second kappa shape index (κ2) is 5.83. The number of primary amides is 1. The number of rotatable bonds is 4. The average molecular weight is 293 g/mol. The minimum Gasteiger partial charge on any atom is -0.369 e. The molecule has 1 fully saturated rings. The Labute approximate surface area is 124 Å². The third kappa shape index (κ3) is 3.80. The summed E-state index contributed by atoms with van der Waals surface area (Å²) in [6, 6.07) is 0. The molecule has 0 atom stereocenters. The molecule has 0 radical (unpaired) electrons. The second-order valence-electron chi connectivity index (χ2n) is 6.44. The molecule has 1 aliphatic rings. The summed E-state index contributed by atoms with van der Waals surface area (Å²) in [5, 5.41) is 4.38. The summed E-state index contributed by atoms with van der Waals surface area (Å²) >= 11 is 0. The van der Waals surface area contributed by atoms with Crippen LogP contribution in [0.5, 0.6) is 0 Å². The van der Waals surface area contributed by atoms with Crippen LogP contribution in [0.1, 0.15) is 51.7 Å². The minimum atomic E-state index is -0.457. The maximum absolute atomic E-state index is 11.9. The van der Waals surface area contributed by atoms with Crippen LogP contribution in [0, 0.1) is 0 Å². The summed E-state index contributed by atoms with van der Waals surface area (Å²) in [4.78, 5) is 29.2. The van der Waals surface area contributed by atoms with Crippen molar-refractivity contribution >= 4 is 11.8 Å². The van der Waals surface area contributed by atoms with E-state index in [4.69, 9.17) is 5.73 Å². The highest BCUT2D eigenvalue weighted by Crippen LogP contribution is 2.19. The van der Waals surface area contributed by atoms with Crippen molar-refractivity contribution in [2.75, 3.05) is 6.54 Å². The smallest absolute Gasteiger partial charge is 0.225 e. The van der Waals surface area contributed by atoms with E-state index >= 15 is 0 Å². The van der Waals surface area contributed by atoms with Crippen LogP contribution >= 0.6 is 0 Å². The number of likely N-dealkylation sites (tertiary alicyclic amines) is 1. The topological polar surface area (TPSA) is 94.1 Å². The van der Waals surface area contributed by atoms with Gasteiger partial charge in [-0.1, -0.05) is 0 Å². The van der Waals surface area contributed by atoms with E-state index in [0.29, 0.717) is 24.6 Å². The molecule has 1 aliphatic heterocycles. The molecule has 0 spiro atoms. The molecule has 2 rings (SSSR count). The molecule has 1 aromatic rings. The van der Waals surface area contributed by atoms with Crippen LogP contribution in [0.25, 0.3) is 0 Å². The van der Waals surface area contributed by atoms with Crippen LogP contribution in [0.3, 0.4) is 0 Å². The van der Waals surface area contributed by atoms with Crippen molar-refractivity contribution in [2.24, 2.45) is 5.73 Å². The first-order valence-corrected chi connectivity index (χ1v) is 7.29. The van der Waals surface area contributed by atoms with Gasteiger partial charge in [0, 0.05) is 13.0 Å². The Morgan fingerprint density at radius 1 is 1.33 bits per heavy atom. The monoisotopic (exact) mass is 293 g/mol. The molecule has 2 amide bonds. The molecule has 1 aromatic heterocycles. The van der Waals surface area contributed by atoms with E-state index in [9.17, 15) is 9.59 Å². The van der Waals surface area contributed by atoms with E-state index in [1.54, 1.807) is 4.68 Å². The van der Waals surface area contributed by atoms with E-state index in [1.807, 2.05) is 25.7 Å².